The van der Waals surface area contributed by atoms with E-state index in [1.165, 1.54) is 24.8 Å². The number of hydrogen-bond acceptors (Lipinski definition) is 2. The molecule has 3 heteroatoms. The summed E-state index contributed by atoms with van der Waals surface area (Å²) >= 11 is 3.33. The van der Waals surface area contributed by atoms with Crippen molar-refractivity contribution in [3.8, 4) is 5.75 Å². The van der Waals surface area contributed by atoms with Crippen LogP contribution in [0.15, 0.2) is 22.7 Å². The van der Waals surface area contributed by atoms with E-state index >= 15 is 0 Å². The van der Waals surface area contributed by atoms with Crippen molar-refractivity contribution in [1.82, 2.24) is 5.32 Å². The number of phenolic OH excluding ortho intramolecular Hbond substituents is 1. The molecule has 0 aromatic heterocycles. The Kier molecular flexibility index (Phi) is 3.08. The molecular weight excluding hydrogens is 242 g/mol. The summed E-state index contributed by atoms with van der Waals surface area (Å²) in [5, 5.41) is 12.9. The topological polar surface area (TPSA) is 32.3 Å². The molecule has 0 radical (unpaired) electrons. The molecule has 76 valence electrons. The fourth-order valence-electron chi connectivity index (χ4n) is 1.88. The second kappa shape index (κ2) is 4.32. The number of rotatable bonds is 1. The van der Waals surface area contributed by atoms with E-state index in [-0.39, 0.29) is 0 Å². The minimum atomic E-state index is 0.310. The summed E-state index contributed by atoms with van der Waals surface area (Å²) < 4.78 is 0.780. The zero-order valence-corrected chi connectivity index (χ0v) is 9.55. The second-order valence-corrected chi connectivity index (χ2v) is 4.57. The van der Waals surface area contributed by atoms with Gasteiger partial charge in [0.1, 0.15) is 5.75 Å². The molecule has 0 aliphatic carbocycles. The Bertz CT molecular complexity index is 321. The number of phenols is 1. The van der Waals surface area contributed by atoms with Gasteiger partial charge >= 0.3 is 0 Å². The molecule has 1 aromatic carbocycles. The third-order valence-electron chi connectivity index (χ3n) is 2.68. The van der Waals surface area contributed by atoms with Crippen molar-refractivity contribution in [1.29, 1.82) is 0 Å². The SMILES string of the molecule is Oc1ccc([C@@H]2CCCCN2)cc1Br. The largest absolute Gasteiger partial charge is 0.507 e. The molecule has 1 atom stereocenters. The molecule has 0 bridgehead atoms. The van der Waals surface area contributed by atoms with Crippen LogP contribution in [0.25, 0.3) is 0 Å². The average molecular weight is 256 g/mol. The summed E-state index contributed by atoms with van der Waals surface area (Å²) in [5.41, 5.74) is 1.26. The summed E-state index contributed by atoms with van der Waals surface area (Å²) in [5.74, 6) is 0.310. The molecule has 2 N–H and O–H groups in total. The van der Waals surface area contributed by atoms with Gasteiger partial charge in [0.25, 0.3) is 0 Å². The van der Waals surface area contributed by atoms with Gasteiger partial charge in [-0.2, -0.15) is 0 Å². The Morgan fingerprint density at radius 3 is 2.86 bits per heavy atom. The van der Waals surface area contributed by atoms with Gasteiger partial charge in [0.05, 0.1) is 4.47 Å². The molecule has 0 amide bonds. The van der Waals surface area contributed by atoms with E-state index in [1.54, 1.807) is 6.07 Å². The summed E-state index contributed by atoms with van der Waals surface area (Å²) in [6.45, 7) is 1.10. The minimum absolute atomic E-state index is 0.310. The van der Waals surface area contributed by atoms with E-state index in [0.29, 0.717) is 11.8 Å². The van der Waals surface area contributed by atoms with Gasteiger partial charge in [0, 0.05) is 6.04 Å². The molecule has 0 spiro atoms. The van der Waals surface area contributed by atoms with Crippen LogP contribution in [0.1, 0.15) is 30.9 Å². The quantitative estimate of drug-likeness (QED) is 0.809. The van der Waals surface area contributed by atoms with Crippen molar-refractivity contribution in [2.45, 2.75) is 25.3 Å². The first kappa shape index (κ1) is 9.99. The smallest absolute Gasteiger partial charge is 0.129 e. The molecular formula is C11H14BrNO. The van der Waals surface area contributed by atoms with E-state index in [4.69, 9.17) is 0 Å². The molecule has 1 aromatic rings. The number of halogens is 1. The molecule has 0 saturated carbocycles. The second-order valence-electron chi connectivity index (χ2n) is 3.71. The highest BCUT2D eigenvalue weighted by Crippen LogP contribution is 2.29. The molecule has 14 heavy (non-hydrogen) atoms. The summed E-state index contributed by atoms with van der Waals surface area (Å²) in [6.07, 6.45) is 3.75. The van der Waals surface area contributed by atoms with Crippen LogP contribution in [0.3, 0.4) is 0 Å². The van der Waals surface area contributed by atoms with Crippen molar-refractivity contribution in [3.05, 3.63) is 28.2 Å². The molecule has 0 unspecified atom stereocenters. The number of aromatic hydroxyl groups is 1. The lowest BCUT2D eigenvalue weighted by Gasteiger charge is -2.24. The Morgan fingerprint density at radius 1 is 1.36 bits per heavy atom. The van der Waals surface area contributed by atoms with Crippen molar-refractivity contribution >= 4 is 15.9 Å². The number of piperidine rings is 1. The first-order chi connectivity index (χ1) is 6.77. The highest BCUT2D eigenvalue weighted by molar-refractivity contribution is 9.10. The lowest BCUT2D eigenvalue weighted by molar-refractivity contribution is 0.411. The van der Waals surface area contributed by atoms with Crippen molar-refractivity contribution < 1.29 is 5.11 Å². The van der Waals surface area contributed by atoms with Crippen LogP contribution >= 0.6 is 15.9 Å². The highest BCUT2D eigenvalue weighted by atomic mass is 79.9. The van der Waals surface area contributed by atoms with Gasteiger partial charge < -0.3 is 10.4 Å². The summed E-state index contributed by atoms with van der Waals surface area (Å²) in [6, 6.07) is 6.19. The van der Waals surface area contributed by atoms with Crippen LogP contribution < -0.4 is 5.32 Å². The van der Waals surface area contributed by atoms with E-state index < -0.39 is 0 Å². The zero-order chi connectivity index (χ0) is 9.97. The predicted molar refractivity (Wildman–Crippen MR) is 60.4 cm³/mol. The highest BCUT2D eigenvalue weighted by Gasteiger charge is 2.15. The van der Waals surface area contributed by atoms with Gasteiger partial charge in [-0.15, -0.1) is 0 Å². The van der Waals surface area contributed by atoms with Crippen molar-refractivity contribution in [3.63, 3.8) is 0 Å². The van der Waals surface area contributed by atoms with Crippen LogP contribution in [-0.4, -0.2) is 11.7 Å². The van der Waals surface area contributed by atoms with E-state index in [0.717, 1.165) is 11.0 Å². The lowest BCUT2D eigenvalue weighted by Crippen LogP contribution is -2.26. The van der Waals surface area contributed by atoms with E-state index in [2.05, 4.69) is 21.2 Å². The lowest BCUT2D eigenvalue weighted by atomic mass is 9.98. The fraction of sp³-hybridized carbons (Fsp3) is 0.455. The van der Waals surface area contributed by atoms with Crippen LogP contribution in [0.5, 0.6) is 5.75 Å². The van der Waals surface area contributed by atoms with Crippen LogP contribution in [0.2, 0.25) is 0 Å². The molecule has 1 saturated heterocycles. The average Bonchev–Trinajstić information content (AvgIpc) is 2.23. The molecule has 1 heterocycles. The molecule has 1 aliphatic rings. The Morgan fingerprint density at radius 2 is 2.21 bits per heavy atom. The Balaban J connectivity index is 2.18. The minimum Gasteiger partial charge on any atom is -0.507 e. The van der Waals surface area contributed by atoms with Gasteiger partial charge in [-0.05, 0) is 53.0 Å². The van der Waals surface area contributed by atoms with Crippen LogP contribution in [0, 0.1) is 0 Å². The van der Waals surface area contributed by atoms with Gasteiger partial charge in [-0.3, -0.25) is 0 Å². The summed E-state index contributed by atoms with van der Waals surface area (Å²) in [7, 11) is 0. The number of benzene rings is 1. The van der Waals surface area contributed by atoms with Crippen molar-refractivity contribution in [2.75, 3.05) is 6.54 Å². The maximum Gasteiger partial charge on any atom is 0.129 e. The van der Waals surface area contributed by atoms with Gasteiger partial charge in [-0.1, -0.05) is 12.5 Å². The Labute approximate surface area is 92.5 Å². The van der Waals surface area contributed by atoms with Gasteiger partial charge in [0.15, 0.2) is 0 Å². The first-order valence-electron chi connectivity index (χ1n) is 4.99. The molecule has 1 aliphatic heterocycles. The standard InChI is InChI=1S/C11H14BrNO/c12-9-7-8(4-5-11(9)14)10-3-1-2-6-13-10/h4-5,7,10,13-14H,1-3,6H2/t10-/m0/s1. The molecule has 2 nitrogen and oxygen atoms in total. The van der Waals surface area contributed by atoms with Gasteiger partial charge in [-0.25, -0.2) is 0 Å². The number of hydrogen-bond donors (Lipinski definition) is 2. The van der Waals surface area contributed by atoms with E-state index in [9.17, 15) is 5.11 Å². The third-order valence-corrected chi connectivity index (χ3v) is 3.32. The number of nitrogens with one attached hydrogen (secondary N) is 1. The molecule has 2 rings (SSSR count). The van der Waals surface area contributed by atoms with Crippen LogP contribution in [0.4, 0.5) is 0 Å². The zero-order valence-electron chi connectivity index (χ0n) is 7.96. The monoisotopic (exact) mass is 255 g/mol. The Hall–Kier alpha value is -0.540. The maximum atomic E-state index is 9.37. The summed E-state index contributed by atoms with van der Waals surface area (Å²) in [4.78, 5) is 0. The maximum absolute atomic E-state index is 9.37. The van der Waals surface area contributed by atoms with Crippen molar-refractivity contribution in [2.24, 2.45) is 0 Å². The first-order valence-corrected chi connectivity index (χ1v) is 5.78. The predicted octanol–water partition coefficient (Wildman–Crippen LogP) is 2.97. The molecule has 1 fully saturated rings. The normalized spacial score (nSPS) is 22.2. The van der Waals surface area contributed by atoms with E-state index in [1.807, 2.05) is 12.1 Å². The third kappa shape index (κ3) is 2.10. The fourth-order valence-corrected chi connectivity index (χ4v) is 2.27. The van der Waals surface area contributed by atoms with Gasteiger partial charge in [0.2, 0.25) is 0 Å². The van der Waals surface area contributed by atoms with Crippen LogP contribution in [-0.2, 0) is 0 Å².